The van der Waals surface area contributed by atoms with Crippen molar-refractivity contribution in [2.24, 2.45) is 0 Å². The lowest BCUT2D eigenvalue weighted by atomic mass is 10.1. The van der Waals surface area contributed by atoms with Crippen LogP contribution in [0.2, 0.25) is 0 Å². The Kier molecular flexibility index (Phi) is 2.62. The highest BCUT2D eigenvalue weighted by atomic mass is 16.4. The van der Waals surface area contributed by atoms with Crippen molar-refractivity contribution in [3.8, 4) is 0 Å². The minimum absolute atomic E-state index is 0.259. The highest BCUT2D eigenvalue weighted by molar-refractivity contribution is 5.01. The SMILES string of the molecule is O[C@@H]1[C@H](O)[C@H](O)CC=C[C@H]1O. The average molecular weight is 160 g/mol. The first-order chi connectivity index (χ1) is 5.13. The average Bonchev–Trinajstić information content (AvgIpc) is 2.07. The van der Waals surface area contributed by atoms with Crippen LogP contribution in [-0.4, -0.2) is 44.8 Å². The van der Waals surface area contributed by atoms with Crippen molar-refractivity contribution in [3.05, 3.63) is 12.2 Å². The maximum atomic E-state index is 9.10. The third kappa shape index (κ3) is 1.78. The Morgan fingerprint density at radius 3 is 2.27 bits per heavy atom. The summed E-state index contributed by atoms with van der Waals surface area (Å²) in [5.74, 6) is 0. The highest BCUT2D eigenvalue weighted by Crippen LogP contribution is 2.13. The van der Waals surface area contributed by atoms with Gasteiger partial charge in [-0.1, -0.05) is 12.2 Å². The molecule has 0 aromatic carbocycles. The van der Waals surface area contributed by atoms with Crippen molar-refractivity contribution >= 4 is 0 Å². The van der Waals surface area contributed by atoms with E-state index in [1.165, 1.54) is 12.2 Å². The number of aliphatic hydroxyl groups is 4. The van der Waals surface area contributed by atoms with Crippen LogP contribution in [0.15, 0.2) is 12.2 Å². The molecule has 0 saturated carbocycles. The van der Waals surface area contributed by atoms with Gasteiger partial charge in [0.2, 0.25) is 0 Å². The van der Waals surface area contributed by atoms with E-state index in [0.717, 1.165) is 0 Å². The maximum absolute atomic E-state index is 9.10. The van der Waals surface area contributed by atoms with Crippen LogP contribution in [0.4, 0.5) is 0 Å². The van der Waals surface area contributed by atoms with E-state index in [-0.39, 0.29) is 6.42 Å². The van der Waals surface area contributed by atoms with Gasteiger partial charge in [0.1, 0.15) is 18.3 Å². The molecule has 0 fully saturated rings. The van der Waals surface area contributed by atoms with Crippen molar-refractivity contribution in [3.63, 3.8) is 0 Å². The van der Waals surface area contributed by atoms with Gasteiger partial charge in [0.25, 0.3) is 0 Å². The molecule has 0 unspecified atom stereocenters. The third-order valence-electron chi connectivity index (χ3n) is 1.80. The Bertz CT molecular complexity index is 157. The second-order valence-electron chi connectivity index (χ2n) is 2.70. The third-order valence-corrected chi connectivity index (χ3v) is 1.80. The maximum Gasteiger partial charge on any atom is 0.112 e. The fourth-order valence-corrected chi connectivity index (χ4v) is 1.04. The minimum Gasteiger partial charge on any atom is -0.390 e. The van der Waals surface area contributed by atoms with Gasteiger partial charge in [-0.25, -0.2) is 0 Å². The second-order valence-corrected chi connectivity index (χ2v) is 2.70. The molecule has 0 saturated heterocycles. The van der Waals surface area contributed by atoms with Crippen LogP contribution in [0.3, 0.4) is 0 Å². The van der Waals surface area contributed by atoms with E-state index < -0.39 is 24.4 Å². The molecule has 4 heteroatoms. The van der Waals surface area contributed by atoms with Gasteiger partial charge < -0.3 is 20.4 Å². The lowest BCUT2D eigenvalue weighted by Crippen LogP contribution is -2.42. The van der Waals surface area contributed by atoms with Crippen LogP contribution in [-0.2, 0) is 0 Å². The van der Waals surface area contributed by atoms with E-state index in [1.54, 1.807) is 0 Å². The molecule has 4 atom stereocenters. The first kappa shape index (κ1) is 8.67. The number of hydrogen-bond acceptors (Lipinski definition) is 4. The molecule has 0 aromatic heterocycles. The quantitative estimate of drug-likeness (QED) is 0.321. The largest absolute Gasteiger partial charge is 0.390 e. The molecule has 0 aliphatic heterocycles. The van der Waals surface area contributed by atoms with Crippen LogP contribution >= 0.6 is 0 Å². The van der Waals surface area contributed by atoms with Gasteiger partial charge in [0.15, 0.2) is 0 Å². The molecule has 1 aliphatic carbocycles. The monoisotopic (exact) mass is 160 g/mol. The Morgan fingerprint density at radius 1 is 1.00 bits per heavy atom. The first-order valence-electron chi connectivity index (χ1n) is 3.52. The summed E-state index contributed by atoms with van der Waals surface area (Å²) in [7, 11) is 0. The van der Waals surface area contributed by atoms with Crippen LogP contribution in [0, 0.1) is 0 Å². The van der Waals surface area contributed by atoms with Crippen molar-refractivity contribution < 1.29 is 20.4 Å². The van der Waals surface area contributed by atoms with Gasteiger partial charge >= 0.3 is 0 Å². The Morgan fingerprint density at radius 2 is 1.64 bits per heavy atom. The van der Waals surface area contributed by atoms with Crippen molar-refractivity contribution in [1.82, 2.24) is 0 Å². The molecule has 11 heavy (non-hydrogen) atoms. The predicted molar refractivity (Wildman–Crippen MR) is 37.8 cm³/mol. The fourth-order valence-electron chi connectivity index (χ4n) is 1.04. The molecule has 0 heterocycles. The van der Waals surface area contributed by atoms with Crippen molar-refractivity contribution in [1.29, 1.82) is 0 Å². The van der Waals surface area contributed by atoms with Crippen molar-refractivity contribution in [2.45, 2.75) is 30.8 Å². The molecule has 0 radical (unpaired) electrons. The Labute approximate surface area is 64.4 Å². The zero-order valence-electron chi connectivity index (χ0n) is 5.96. The van der Waals surface area contributed by atoms with Gasteiger partial charge in [0, 0.05) is 0 Å². The molecule has 1 rings (SSSR count). The standard InChI is InChI=1S/C7H12O4/c8-4-2-1-3-5(9)7(11)6(4)10/h1-2,4-11H,3H2/t4-,5-,6+,7-/m1/s1. The summed E-state index contributed by atoms with van der Waals surface area (Å²) >= 11 is 0. The summed E-state index contributed by atoms with van der Waals surface area (Å²) in [6.07, 6.45) is -1.46. The van der Waals surface area contributed by atoms with E-state index in [2.05, 4.69) is 0 Å². The molecule has 64 valence electrons. The minimum atomic E-state index is -1.29. The summed E-state index contributed by atoms with van der Waals surface area (Å²) in [6, 6.07) is 0. The number of hydrogen-bond donors (Lipinski definition) is 4. The Balaban J connectivity index is 2.68. The summed E-state index contributed by atoms with van der Waals surface area (Å²) < 4.78 is 0. The molecule has 0 bridgehead atoms. The molecule has 0 amide bonds. The van der Waals surface area contributed by atoms with Gasteiger partial charge in [-0.15, -0.1) is 0 Å². The van der Waals surface area contributed by atoms with Gasteiger partial charge in [-0.3, -0.25) is 0 Å². The van der Waals surface area contributed by atoms with Crippen LogP contribution in [0.5, 0.6) is 0 Å². The van der Waals surface area contributed by atoms with E-state index >= 15 is 0 Å². The number of rotatable bonds is 0. The summed E-state index contributed by atoms with van der Waals surface area (Å²) in [4.78, 5) is 0. The fraction of sp³-hybridized carbons (Fsp3) is 0.714. The van der Waals surface area contributed by atoms with E-state index in [9.17, 15) is 0 Å². The molecule has 4 nitrogen and oxygen atoms in total. The highest BCUT2D eigenvalue weighted by Gasteiger charge is 2.30. The zero-order valence-corrected chi connectivity index (χ0v) is 5.96. The van der Waals surface area contributed by atoms with Crippen LogP contribution in [0.1, 0.15) is 6.42 Å². The van der Waals surface area contributed by atoms with E-state index in [1.807, 2.05) is 0 Å². The Hall–Kier alpha value is -0.420. The lowest BCUT2D eigenvalue weighted by molar-refractivity contribution is -0.0880. The molecule has 4 N–H and O–H groups in total. The molecule has 0 aromatic rings. The molecular formula is C7H12O4. The van der Waals surface area contributed by atoms with Gasteiger partial charge in [-0.05, 0) is 6.42 Å². The first-order valence-corrected chi connectivity index (χ1v) is 3.52. The summed E-state index contributed by atoms with van der Waals surface area (Å²) in [6.45, 7) is 0. The smallest absolute Gasteiger partial charge is 0.112 e. The number of aliphatic hydroxyl groups excluding tert-OH is 4. The zero-order chi connectivity index (χ0) is 8.43. The molecule has 0 spiro atoms. The van der Waals surface area contributed by atoms with Gasteiger partial charge in [0.05, 0.1) is 6.10 Å². The van der Waals surface area contributed by atoms with Crippen LogP contribution < -0.4 is 0 Å². The molecule has 1 aliphatic rings. The van der Waals surface area contributed by atoms with E-state index in [0.29, 0.717) is 0 Å². The van der Waals surface area contributed by atoms with E-state index in [4.69, 9.17) is 20.4 Å². The van der Waals surface area contributed by atoms with Gasteiger partial charge in [-0.2, -0.15) is 0 Å². The lowest BCUT2D eigenvalue weighted by Gasteiger charge is -2.21. The molecular weight excluding hydrogens is 148 g/mol. The topological polar surface area (TPSA) is 80.9 Å². The van der Waals surface area contributed by atoms with Crippen molar-refractivity contribution in [2.75, 3.05) is 0 Å². The van der Waals surface area contributed by atoms with Crippen LogP contribution in [0.25, 0.3) is 0 Å². The summed E-state index contributed by atoms with van der Waals surface area (Å²) in [5.41, 5.74) is 0. The second kappa shape index (κ2) is 3.32. The summed E-state index contributed by atoms with van der Waals surface area (Å²) in [5, 5.41) is 36.3. The predicted octanol–water partition coefficient (Wildman–Crippen LogP) is -1.61. The normalized spacial score (nSPS) is 45.5.